The Bertz CT molecular complexity index is 837. The van der Waals surface area contributed by atoms with Crippen LogP contribution in [0.3, 0.4) is 0 Å². The van der Waals surface area contributed by atoms with Crippen molar-refractivity contribution in [1.29, 1.82) is 0 Å². The molecule has 0 saturated carbocycles. The number of hydrazone groups is 1. The molecule has 8 nitrogen and oxygen atoms in total. The predicted octanol–water partition coefficient (Wildman–Crippen LogP) is 1.95. The molecule has 1 aromatic carbocycles. The van der Waals surface area contributed by atoms with Gasteiger partial charge in [-0.05, 0) is 43.2 Å². The number of nitrogens with zero attached hydrogens (tertiary/aromatic N) is 2. The van der Waals surface area contributed by atoms with E-state index in [4.69, 9.17) is 9.47 Å². The number of ether oxygens (including phenoxy) is 2. The monoisotopic (exact) mass is 384 g/mol. The zero-order valence-corrected chi connectivity index (χ0v) is 16.2. The summed E-state index contributed by atoms with van der Waals surface area (Å²) >= 11 is 0. The van der Waals surface area contributed by atoms with Crippen molar-refractivity contribution >= 4 is 17.5 Å². The largest absolute Gasteiger partial charge is 0.493 e. The lowest BCUT2D eigenvalue weighted by Gasteiger charge is -2.10. The fraction of sp³-hybridized carbons (Fsp3) is 0.300. The van der Waals surface area contributed by atoms with Crippen LogP contribution in [0.2, 0.25) is 0 Å². The summed E-state index contributed by atoms with van der Waals surface area (Å²) in [6, 6.07) is 10.7. The number of nitrogens with one attached hydrogen (secondary N) is 2. The van der Waals surface area contributed by atoms with Crippen molar-refractivity contribution < 1.29 is 19.1 Å². The second-order valence-corrected chi connectivity index (χ2v) is 5.97. The van der Waals surface area contributed by atoms with Crippen LogP contribution in [0.25, 0.3) is 0 Å². The minimum atomic E-state index is -0.422. The summed E-state index contributed by atoms with van der Waals surface area (Å²) in [5, 5.41) is 6.76. The van der Waals surface area contributed by atoms with E-state index in [0.29, 0.717) is 30.2 Å². The average Bonchev–Trinajstić information content (AvgIpc) is 2.72. The van der Waals surface area contributed by atoms with Gasteiger partial charge in [-0.3, -0.25) is 14.6 Å². The van der Waals surface area contributed by atoms with Crippen molar-refractivity contribution in [2.24, 2.45) is 5.10 Å². The van der Waals surface area contributed by atoms with Crippen LogP contribution < -0.4 is 20.2 Å². The van der Waals surface area contributed by atoms with Crippen LogP contribution in [-0.4, -0.2) is 43.3 Å². The zero-order valence-electron chi connectivity index (χ0n) is 16.2. The third kappa shape index (κ3) is 6.39. The smallest absolute Gasteiger partial charge is 0.289 e. The van der Waals surface area contributed by atoms with E-state index in [1.165, 1.54) is 6.20 Å². The highest BCUT2D eigenvalue weighted by atomic mass is 16.5. The van der Waals surface area contributed by atoms with E-state index in [1.807, 2.05) is 18.2 Å². The van der Waals surface area contributed by atoms with Crippen molar-refractivity contribution in [2.45, 2.75) is 19.8 Å². The lowest BCUT2D eigenvalue weighted by atomic mass is 10.1. The van der Waals surface area contributed by atoms with Gasteiger partial charge in [0.1, 0.15) is 5.69 Å². The molecule has 0 atom stereocenters. The lowest BCUT2D eigenvalue weighted by Crippen LogP contribution is -2.28. The van der Waals surface area contributed by atoms with Gasteiger partial charge in [0.15, 0.2) is 11.5 Å². The van der Waals surface area contributed by atoms with Gasteiger partial charge < -0.3 is 14.8 Å². The molecule has 1 aromatic heterocycles. The minimum Gasteiger partial charge on any atom is -0.493 e. The molecule has 8 heteroatoms. The Morgan fingerprint density at radius 3 is 2.57 bits per heavy atom. The van der Waals surface area contributed by atoms with Crippen molar-refractivity contribution in [3.63, 3.8) is 0 Å². The average molecular weight is 384 g/mol. The van der Waals surface area contributed by atoms with Crippen LogP contribution in [0, 0.1) is 0 Å². The van der Waals surface area contributed by atoms with Crippen molar-refractivity contribution in [3.8, 4) is 11.5 Å². The van der Waals surface area contributed by atoms with Crippen LogP contribution in [0.15, 0.2) is 47.7 Å². The number of amides is 2. The maximum atomic E-state index is 12.0. The maximum absolute atomic E-state index is 12.0. The molecule has 2 amide bonds. The highest BCUT2D eigenvalue weighted by molar-refractivity contribution is 6.00. The number of hydrogen-bond donors (Lipinski definition) is 2. The van der Waals surface area contributed by atoms with Gasteiger partial charge >= 0.3 is 0 Å². The van der Waals surface area contributed by atoms with E-state index in [-0.39, 0.29) is 18.0 Å². The molecule has 0 fully saturated rings. The first-order valence-electron chi connectivity index (χ1n) is 8.75. The second kappa shape index (κ2) is 10.7. The molecule has 0 aliphatic carbocycles. The molecular weight excluding hydrogens is 360 g/mol. The Morgan fingerprint density at radius 2 is 1.89 bits per heavy atom. The minimum absolute atomic E-state index is 0.0917. The first-order valence-corrected chi connectivity index (χ1v) is 8.75. The highest BCUT2D eigenvalue weighted by Gasteiger charge is 2.08. The number of aromatic nitrogens is 1. The summed E-state index contributed by atoms with van der Waals surface area (Å²) in [5.74, 6) is 0.718. The Balaban J connectivity index is 1.76. The van der Waals surface area contributed by atoms with E-state index < -0.39 is 5.91 Å². The van der Waals surface area contributed by atoms with Crippen LogP contribution in [0.4, 0.5) is 0 Å². The van der Waals surface area contributed by atoms with Crippen molar-refractivity contribution in [3.05, 3.63) is 53.9 Å². The predicted molar refractivity (Wildman–Crippen MR) is 106 cm³/mol. The molecule has 0 radical (unpaired) electrons. The van der Waals surface area contributed by atoms with Gasteiger partial charge in [-0.15, -0.1) is 0 Å². The van der Waals surface area contributed by atoms with Gasteiger partial charge in [0, 0.05) is 18.5 Å². The molecule has 148 valence electrons. The van der Waals surface area contributed by atoms with Crippen molar-refractivity contribution in [2.75, 3.05) is 20.8 Å². The summed E-state index contributed by atoms with van der Waals surface area (Å²) in [6.07, 6.45) is 2.27. The van der Waals surface area contributed by atoms with Gasteiger partial charge in [0.2, 0.25) is 5.91 Å². The van der Waals surface area contributed by atoms with Gasteiger partial charge in [0.25, 0.3) is 5.91 Å². The summed E-state index contributed by atoms with van der Waals surface area (Å²) in [5.41, 5.74) is 4.17. The second-order valence-electron chi connectivity index (χ2n) is 5.97. The molecule has 0 unspecified atom stereocenters. The third-order valence-electron chi connectivity index (χ3n) is 3.85. The highest BCUT2D eigenvalue weighted by Crippen LogP contribution is 2.27. The van der Waals surface area contributed by atoms with E-state index in [1.54, 1.807) is 39.3 Å². The topological polar surface area (TPSA) is 102 Å². The van der Waals surface area contributed by atoms with Crippen LogP contribution >= 0.6 is 0 Å². The molecule has 28 heavy (non-hydrogen) atoms. The molecule has 0 spiro atoms. The Morgan fingerprint density at radius 1 is 1.11 bits per heavy atom. The quantitative estimate of drug-likeness (QED) is 0.508. The summed E-state index contributed by atoms with van der Waals surface area (Å²) in [6.45, 7) is 2.15. The molecule has 2 aromatic rings. The van der Waals surface area contributed by atoms with E-state index in [0.717, 1.165) is 5.56 Å². The summed E-state index contributed by atoms with van der Waals surface area (Å²) in [4.78, 5) is 27.8. The van der Waals surface area contributed by atoms with Gasteiger partial charge in [-0.1, -0.05) is 12.1 Å². The molecule has 0 aliphatic heterocycles. The summed E-state index contributed by atoms with van der Waals surface area (Å²) < 4.78 is 10.5. The normalized spacial score (nSPS) is 10.9. The Kier molecular flexibility index (Phi) is 7.95. The number of rotatable bonds is 9. The first kappa shape index (κ1) is 20.9. The summed E-state index contributed by atoms with van der Waals surface area (Å²) in [7, 11) is 3.17. The number of methoxy groups -OCH3 is 2. The number of hydrogen-bond acceptors (Lipinski definition) is 6. The fourth-order valence-electron chi connectivity index (χ4n) is 2.42. The van der Waals surface area contributed by atoms with Gasteiger partial charge in [0.05, 0.1) is 20.6 Å². The fourth-order valence-corrected chi connectivity index (χ4v) is 2.42. The number of carbonyl (C=O) groups is 2. The van der Waals surface area contributed by atoms with Crippen LogP contribution in [0.1, 0.15) is 29.4 Å². The van der Waals surface area contributed by atoms with Crippen LogP contribution in [-0.2, 0) is 11.2 Å². The lowest BCUT2D eigenvalue weighted by molar-refractivity contribution is -0.119. The SMILES string of the molecule is COc1ccc(CCNC(=O)C/C(C)=N/NC(=O)c2ccccn2)cc1OC. The van der Waals surface area contributed by atoms with E-state index in [2.05, 4.69) is 20.8 Å². The number of pyridine rings is 1. The molecule has 0 saturated heterocycles. The van der Waals surface area contributed by atoms with Crippen LogP contribution in [0.5, 0.6) is 11.5 Å². The molecular formula is C20H24N4O4. The molecule has 0 aliphatic rings. The molecule has 2 rings (SSSR count). The number of carbonyl (C=O) groups excluding carboxylic acids is 2. The molecule has 2 N–H and O–H groups in total. The standard InChI is InChI=1S/C20H24N4O4/c1-14(23-24-20(26)16-6-4-5-10-21-16)12-19(25)22-11-9-15-7-8-17(27-2)18(13-15)28-3/h4-8,10,13H,9,11-12H2,1-3H3,(H,22,25)(H,24,26)/b23-14+. The maximum Gasteiger partial charge on any atom is 0.289 e. The van der Waals surface area contributed by atoms with Crippen molar-refractivity contribution in [1.82, 2.24) is 15.7 Å². The van der Waals surface area contributed by atoms with Gasteiger partial charge in [-0.2, -0.15) is 5.10 Å². The first-order chi connectivity index (χ1) is 13.5. The zero-order chi connectivity index (χ0) is 20.4. The third-order valence-corrected chi connectivity index (χ3v) is 3.85. The Labute approximate surface area is 164 Å². The molecule has 0 bridgehead atoms. The van der Waals surface area contributed by atoms with E-state index >= 15 is 0 Å². The van der Waals surface area contributed by atoms with E-state index in [9.17, 15) is 9.59 Å². The molecule has 1 heterocycles. The Hall–Kier alpha value is -3.42. The number of benzene rings is 1. The van der Waals surface area contributed by atoms with Gasteiger partial charge in [-0.25, -0.2) is 5.43 Å².